The third kappa shape index (κ3) is 4.23. The number of rotatable bonds is 5. The Hall–Kier alpha value is -1.03. The van der Waals surface area contributed by atoms with Gasteiger partial charge in [-0.1, -0.05) is 52.7 Å². The van der Waals surface area contributed by atoms with Crippen LogP contribution in [0.2, 0.25) is 5.02 Å². The highest BCUT2D eigenvalue weighted by Gasteiger charge is 2.08. The van der Waals surface area contributed by atoms with Gasteiger partial charge in [-0.05, 0) is 41.9 Å². The Morgan fingerprint density at radius 3 is 2.40 bits per heavy atom. The maximum absolute atomic E-state index is 6.28. The molecule has 0 aliphatic heterocycles. The zero-order chi connectivity index (χ0) is 14.5. The fraction of sp³-hybridized carbons (Fsp3) is 0.250. The summed E-state index contributed by atoms with van der Waals surface area (Å²) in [5, 5.41) is 0.801. The molecule has 20 heavy (non-hydrogen) atoms. The standard InChI is InChI=1S/C16H18BrClN2/c1-2-20(10-12-3-7-15(19)8-4-12)11-13-5-6-14(17)9-16(13)18/h3-9H,2,10-11,19H2,1H3. The largest absolute Gasteiger partial charge is 0.399 e. The van der Waals surface area contributed by atoms with Crippen molar-refractivity contribution in [2.45, 2.75) is 20.0 Å². The predicted molar refractivity (Wildman–Crippen MR) is 89.8 cm³/mol. The minimum absolute atomic E-state index is 0.799. The van der Waals surface area contributed by atoms with E-state index in [9.17, 15) is 0 Å². The maximum Gasteiger partial charge on any atom is 0.0462 e. The van der Waals surface area contributed by atoms with E-state index < -0.39 is 0 Å². The van der Waals surface area contributed by atoms with Crippen LogP contribution in [0.3, 0.4) is 0 Å². The molecule has 0 saturated heterocycles. The molecule has 0 saturated carbocycles. The zero-order valence-electron chi connectivity index (χ0n) is 11.4. The van der Waals surface area contributed by atoms with Gasteiger partial charge < -0.3 is 5.73 Å². The summed E-state index contributed by atoms with van der Waals surface area (Å²) < 4.78 is 1.01. The number of nitrogens with zero attached hydrogens (tertiary/aromatic N) is 1. The van der Waals surface area contributed by atoms with Gasteiger partial charge in [0.05, 0.1) is 0 Å². The van der Waals surface area contributed by atoms with Crippen LogP contribution in [-0.4, -0.2) is 11.4 Å². The summed E-state index contributed by atoms with van der Waals surface area (Å²) >= 11 is 9.71. The molecule has 4 heteroatoms. The van der Waals surface area contributed by atoms with E-state index in [4.69, 9.17) is 17.3 Å². The zero-order valence-corrected chi connectivity index (χ0v) is 13.8. The number of hydrogen-bond acceptors (Lipinski definition) is 2. The van der Waals surface area contributed by atoms with Gasteiger partial charge in [-0.25, -0.2) is 0 Å². The van der Waals surface area contributed by atoms with E-state index in [0.29, 0.717) is 0 Å². The topological polar surface area (TPSA) is 29.3 Å². The first kappa shape index (κ1) is 15.4. The molecule has 0 spiro atoms. The highest BCUT2D eigenvalue weighted by atomic mass is 79.9. The van der Waals surface area contributed by atoms with Crippen LogP contribution < -0.4 is 5.73 Å². The Morgan fingerprint density at radius 1 is 1.10 bits per heavy atom. The van der Waals surface area contributed by atoms with Crippen LogP contribution in [0, 0.1) is 0 Å². The Kier molecular flexibility index (Phi) is 5.46. The van der Waals surface area contributed by atoms with E-state index in [1.54, 1.807) is 0 Å². The first-order valence-corrected chi connectivity index (χ1v) is 7.76. The molecular formula is C16H18BrClN2. The van der Waals surface area contributed by atoms with Gasteiger partial charge in [-0.15, -0.1) is 0 Å². The molecular weight excluding hydrogens is 336 g/mol. The summed E-state index contributed by atoms with van der Waals surface area (Å²) in [6.07, 6.45) is 0. The number of hydrogen-bond donors (Lipinski definition) is 1. The summed E-state index contributed by atoms with van der Waals surface area (Å²) in [5.41, 5.74) is 8.92. The lowest BCUT2D eigenvalue weighted by molar-refractivity contribution is 0.271. The van der Waals surface area contributed by atoms with Crippen LogP contribution in [0.4, 0.5) is 5.69 Å². The summed E-state index contributed by atoms with van der Waals surface area (Å²) in [6.45, 7) is 4.86. The maximum atomic E-state index is 6.28. The smallest absolute Gasteiger partial charge is 0.0462 e. The van der Waals surface area contributed by atoms with Crippen molar-refractivity contribution in [2.24, 2.45) is 0 Å². The monoisotopic (exact) mass is 352 g/mol. The van der Waals surface area contributed by atoms with Gasteiger partial charge in [-0.2, -0.15) is 0 Å². The second-order valence-electron chi connectivity index (χ2n) is 4.78. The molecule has 0 aliphatic carbocycles. The van der Waals surface area contributed by atoms with E-state index in [0.717, 1.165) is 40.4 Å². The van der Waals surface area contributed by atoms with Gasteiger partial charge in [0.25, 0.3) is 0 Å². The van der Waals surface area contributed by atoms with Crippen LogP contribution in [0.5, 0.6) is 0 Å². The number of nitrogens with two attached hydrogens (primary N) is 1. The van der Waals surface area contributed by atoms with Gasteiger partial charge in [0.15, 0.2) is 0 Å². The minimum atomic E-state index is 0.799. The Balaban J connectivity index is 2.07. The Labute approximate surface area is 133 Å². The molecule has 2 N–H and O–H groups in total. The molecule has 0 aromatic heterocycles. The van der Waals surface area contributed by atoms with Crippen molar-refractivity contribution in [1.29, 1.82) is 0 Å². The number of anilines is 1. The molecule has 0 unspecified atom stereocenters. The van der Waals surface area contributed by atoms with Crippen molar-refractivity contribution < 1.29 is 0 Å². The van der Waals surface area contributed by atoms with Gasteiger partial charge in [0, 0.05) is 28.3 Å². The first-order valence-electron chi connectivity index (χ1n) is 6.59. The predicted octanol–water partition coefficient (Wildman–Crippen LogP) is 4.71. The van der Waals surface area contributed by atoms with Crippen molar-refractivity contribution in [3.63, 3.8) is 0 Å². The molecule has 0 radical (unpaired) electrons. The fourth-order valence-corrected chi connectivity index (χ4v) is 2.78. The van der Waals surface area contributed by atoms with Gasteiger partial charge in [0.2, 0.25) is 0 Å². The van der Waals surface area contributed by atoms with E-state index in [-0.39, 0.29) is 0 Å². The van der Waals surface area contributed by atoms with E-state index in [2.05, 4.69) is 46.0 Å². The molecule has 0 aliphatic rings. The minimum Gasteiger partial charge on any atom is -0.399 e. The third-order valence-electron chi connectivity index (χ3n) is 3.24. The summed E-state index contributed by atoms with van der Waals surface area (Å²) in [4.78, 5) is 2.35. The molecule has 0 amide bonds. The van der Waals surface area contributed by atoms with Crippen LogP contribution in [0.15, 0.2) is 46.9 Å². The molecule has 0 atom stereocenters. The molecule has 2 nitrogen and oxygen atoms in total. The summed E-state index contributed by atoms with van der Waals surface area (Å²) in [5.74, 6) is 0. The lowest BCUT2D eigenvalue weighted by Crippen LogP contribution is -2.22. The van der Waals surface area contributed by atoms with Gasteiger partial charge in [0.1, 0.15) is 0 Å². The number of halogens is 2. The highest BCUT2D eigenvalue weighted by molar-refractivity contribution is 9.10. The number of nitrogen functional groups attached to an aromatic ring is 1. The Bertz CT molecular complexity index is 569. The normalized spacial score (nSPS) is 11.0. The van der Waals surface area contributed by atoms with Crippen molar-refractivity contribution >= 4 is 33.2 Å². The van der Waals surface area contributed by atoms with Crippen molar-refractivity contribution in [3.05, 3.63) is 63.1 Å². The van der Waals surface area contributed by atoms with Gasteiger partial charge >= 0.3 is 0 Å². The van der Waals surface area contributed by atoms with Crippen LogP contribution in [0.25, 0.3) is 0 Å². The quantitative estimate of drug-likeness (QED) is 0.789. The second-order valence-corrected chi connectivity index (χ2v) is 6.10. The highest BCUT2D eigenvalue weighted by Crippen LogP contribution is 2.23. The van der Waals surface area contributed by atoms with Crippen LogP contribution in [-0.2, 0) is 13.1 Å². The van der Waals surface area contributed by atoms with E-state index >= 15 is 0 Å². The molecule has 0 fully saturated rings. The van der Waals surface area contributed by atoms with Crippen molar-refractivity contribution in [3.8, 4) is 0 Å². The second kappa shape index (κ2) is 7.11. The Morgan fingerprint density at radius 2 is 1.80 bits per heavy atom. The van der Waals surface area contributed by atoms with Gasteiger partial charge in [-0.3, -0.25) is 4.90 Å². The third-order valence-corrected chi connectivity index (χ3v) is 4.09. The van der Waals surface area contributed by atoms with Crippen molar-refractivity contribution in [1.82, 2.24) is 4.90 Å². The SMILES string of the molecule is CCN(Cc1ccc(N)cc1)Cc1ccc(Br)cc1Cl. The fourth-order valence-electron chi connectivity index (χ4n) is 2.05. The molecule has 106 valence electrons. The van der Waals surface area contributed by atoms with Crippen LogP contribution in [0.1, 0.15) is 18.1 Å². The average molecular weight is 354 g/mol. The number of benzene rings is 2. The lowest BCUT2D eigenvalue weighted by atomic mass is 10.1. The van der Waals surface area contributed by atoms with Crippen molar-refractivity contribution in [2.75, 3.05) is 12.3 Å². The molecule has 2 rings (SSSR count). The lowest BCUT2D eigenvalue weighted by Gasteiger charge is -2.21. The summed E-state index contributed by atoms with van der Waals surface area (Å²) in [7, 11) is 0. The van der Waals surface area contributed by atoms with E-state index in [1.165, 1.54) is 5.56 Å². The summed E-state index contributed by atoms with van der Waals surface area (Å²) in [6, 6.07) is 14.1. The molecule has 0 heterocycles. The first-order chi connectivity index (χ1) is 9.58. The van der Waals surface area contributed by atoms with Crippen LogP contribution >= 0.6 is 27.5 Å². The molecule has 2 aromatic rings. The molecule has 2 aromatic carbocycles. The molecule has 0 bridgehead atoms. The average Bonchev–Trinajstić information content (AvgIpc) is 2.43. The van der Waals surface area contributed by atoms with E-state index in [1.807, 2.05) is 24.3 Å².